The zero-order valence-corrected chi connectivity index (χ0v) is 45.0. The Morgan fingerprint density at radius 2 is 1.49 bits per heavy atom. The maximum Gasteiger partial charge on any atom is 0.490 e. The zero-order chi connectivity index (χ0) is 56.2. The van der Waals surface area contributed by atoms with Gasteiger partial charge in [-0.05, 0) is 12.0 Å². The normalized spacial score (nSPS) is 29.8. The Morgan fingerprint density at radius 1 is 0.821 bits per heavy atom. The topological polar surface area (TPSA) is 491 Å². The summed E-state index contributed by atoms with van der Waals surface area (Å²) in [5.41, 5.74) is 18.3. The van der Waals surface area contributed by atoms with Crippen LogP contribution in [0.25, 0.3) is 28.0 Å². The van der Waals surface area contributed by atoms with Crippen molar-refractivity contribution in [1.82, 2.24) is 43.6 Å². The van der Waals surface area contributed by atoms with E-state index in [1.165, 1.54) is 58.5 Å². The molecule has 39 heteroatoms. The molecule has 4 aliphatic rings. The molecule has 0 spiro atoms. The van der Waals surface area contributed by atoms with E-state index in [1.54, 1.807) is 6.21 Å². The molecule has 5 aromatic rings. The standard InChI is InChI=1S/C39H55N14O21P3S/c1-5-16-6-7-43-30-22(21(16)40)44-12-51(30)37-28(66-4)29(78-15-67-9-19-26(55)27(56)36(71-19)52-13-45-23-31(52)46-38(41)48-33(23)57)20(72-37)11-69-76(61,62)74-77(63,64)73-75(59,60)68-10-18-17(8-65-3)25(54)35(70-18)53-14-50(2)24-32(53)47-39(42)49-34(24)58/h7,12-14,17-20,25-29,35-37,54-56H,5-6,8-11,15,40H2,1-4H3,(H8-,41,42,46,47,48,49,57,58,59,60,61,62,63,64)/p+1/t17-,18-,19-,20-,25-,26-,27-,28-,29-,35-,36-,37-/m1/s1. The van der Waals surface area contributed by atoms with Gasteiger partial charge in [0.25, 0.3) is 17.1 Å². The van der Waals surface area contributed by atoms with Gasteiger partial charge in [0, 0.05) is 32.8 Å². The molecule has 3 fully saturated rings. The lowest BCUT2D eigenvalue weighted by atomic mass is 9.99. The summed E-state index contributed by atoms with van der Waals surface area (Å²) in [5, 5.41) is 32.3. The van der Waals surface area contributed by atoms with Crippen LogP contribution in [-0.2, 0) is 66.8 Å². The zero-order valence-electron chi connectivity index (χ0n) is 41.5. The number of allylic oxidation sites excluding steroid dienone is 1. The third kappa shape index (κ3) is 11.7. The number of aromatic nitrogens is 10. The molecule has 0 aromatic carbocycles. The highest BCUT2D eigenvalue weighted by Crippen LogP contribution is 2.68. The monoisotopic (exact) mass is 1180 g/mol. The van der Waals surface area contributed by atoms with Crippen molar-refractivity contribution < 1.29 is 94.4 Å². The first-order chi connectivity index (χ1) is 36.9. The van der Waals surface area contributed by atoms with Crippen molar-refractivity contribution in [3.63, 3.8) is 0 Å². The second-order valence-corrected chi connectivity index (χ2v) is 23.8. The fraction of sp³-hybridized carbons (Fsp3) is 0.590. The number of hydrogen-bond donors (Lipinski definition) is 11. The van der Waals surface area contributed by atoms with Crippen LogP contribution in [-0.4, -0.2) is 174 Å². The van der Waals surface area contributed by atoms with Crippen LogP contribution < -0.4 is 32.9 Å². The number of hydrogen-bond acceptors (Lipinski definition) is 27. The average molecular weight is 1180 g/mol. The lowest BCUT2D eigenvalue weighted by Crippen LogP contribution is -2.45. The number of nitrogens with one attached hydrogen (secondary N) is 2. The number of aliphatic hydroxyl groups is 3. The average Bonchev–Trinajstić information content (AvgIpc) is 4.36. The number of imidazole rings is 3. The highest BCUT2D eigenvalue weighted by molar-refractivity contribution is 7.99. The molecule has 4 aliphatic heterocycles. The van der Waals surface area contributed by atoms with E-state index < -0.39 is 120 Å². The first-order valence-corrected chi connectivity index (χ1v) is 29.0. The minimum Gasteiger partial charge on any atom is -0.397 e. The summed E-state index contributed by atoms with van der Waals surface area (Å²) in [6, 6.07) is 0. The van der Waals surface area contributed by atoms with Crippen LogP contribution >= 0.6 is 35.2 Å². The highest BCUT2D eigenvalue weighted by Gasteiger charge is 2.52. The van der Waals surface area contributed by atoms with Gasteiger partial charge in [0.1, 0.15) is 36.2 Å². The molecule has 3 unspecified atom stereocenters. The largest absolute Gasteiger partial charge is 0.490 e. The Labute approximate surface area is 443 Å². The van der Waals surface area contributed by atoms with Gasteiger partial charge in [-0.1, -0.05) is 11.9 Å². The summed E-state index contributed by atoms with van der Waals surface area (Å²) in [4.78, 5) is 82.9. The molecule has 428 valence electrons. The molecule has 0 amide bonds. The molecule has 9 rings (SSSR count). The number of anilines is 2. The number of fused-ring (bicyclic) bond motifs is 3. The van der Waals surface area contributed by atoms with E-state index >= 15 is 0 Å². The number of thioether (sulfide) groups is 1. The second kappa shape index (κ2) is 22.9. The van der Waals surface area contributed by atoms with Gasteiger partial charge < -0.3 is 75.6 Å². The van der Waals surface area contributed by atoms with Gasteiger partial charge in [-0.15, -0.1) is 11.8 Å². The van der Waals surface area contributed by atoms with Crippen LogP contribution in [0.3, 0.4) is 0 Å². The predicted octanol–water partition coefficient (Wildman–Crippen LogP) is -1.57. The molecule has 9 heterocycles. The lowest BCUT2D eigenvalue weighted by molar-refractivity contribution is -0.745. The molecule has 78 heavy (non-hydrogen) atoms. The molecule has 0 saturated carbocycles. The fourth-order valence-corrected chi connectivity index (χ4v) is 14.1. The van der Waals surface area contributed by atoms with Gasteiger partial charge in [-0.25, -0.2) is 33.2 Å². The molecule has 14 N–H and O–H groups in total. The second-order valence-electron chi connectivity index (χ2n) is 18.0. The number of H-pyrrole nitrogens is 2. The number of aliphatic hydroxyl groups excluding tert-OH is 3. The number of aryl methyl sites for hydroxylation is 1. The van der Waals surface area contributed by atoms with Crippen LogP contribution in [0.1, 0.15) is 44.1 Å². The van der Waals surface area contributed by atoms with Crippen LogP contribution in [0, 0.1) is 5.92 Å². The first kappa shape index (κ1) is 57.8. The van der Waals surface area contributed by atoms with Gasteiger partial charge in [0.05, 0.1) is 75.2 Å². The first-order valence-electron chi connectivity index (χ1n) is 23.4. The number of ether oxygens (including phenoxy) is 6. The summed E-state index contributed by atoms with van der Waals surface area (Å²) in [5.74, 6) is -1.38. The maximum atomic E-state index is 13.4. The summed E-state index contributed by atoms with van der Waals surface area (Å²) in [6.45, 7) is -0.385. The molecule has 5 aromatic heterocycles. The SMILES string of the molecule is CCC1=C(N)c2ncn([C@@H]3O[C@H](COP(=O)(O)OP(=O)(O)OP(=O)(O)OC[C@H]4O[C@@H]([n+]5cn(C)c6c(=O)[nH]c(N)nc65)[C@H](O)[C@@H]4COC)[C@@H](SCOC[C@H]4O[C@@H](n5cnc6c(=O)[nH]c(N)nc65)[C@H](O)[C@@H]4O)[C@H]3OC)c2N=CC1. The van der Waals surface area contributed by atoms with Gasteiger partial charge in [-0.2, -0.15) is 13.6 Å². The molecular formula is C39H56N14O21P3S+. The minimum atomic E-state index is -6.05. The summed E-state index contributed by atoms with van der Waals surface area (Å²) in [6.07, 6.45) is -6.09. The van der Waals surface area contributed by atoms with Crippen LogP contribution in [0.5, 0.6) is 0 Å². The van der Waals surface area contributed by atoms with Crippen molar-refractivity contribution in [3.05, 3.63) is 51.0 Å². The summed E-state index contributed by atoms with van der Waals surface area (Å²) in [7, 11) is -13.3. The molecular weight excluding hydrogens is 1130 g/mol. The molecule has 35 nitrogen and oxygen atoms in total. The predicted molar refractivity (Wildman–Crippen MR) is 267 cm³/mol. The smallest absolute Gasteiger partial charge is 0.397 e. The summed E-state index contributed by atoms with van der Waals surface area (Å²) < 4.78 is 99.4. The van der Waals surface area contributed by atoms with E-state index in [1.807, 2.05) is 6.92 Å². The number of aliphatic imine (C=N–C) groups is 1. The number of aromatic amines is 2. The number of nitrogens with two attached hydrogens (primary N) is 3. The number of methoxy groups -OCH3 is 2. The van der Waals surface area contributed by atoms with Crippen molar-refractivity contribution in [1.29, 1.82) is 0 Å². The minimum absolute atomic E-state index is 0.0119. The van der Waals surface area contributed by atoms with E-state index in [9.17, 15) is 53.3 Å². The molecule has 0 aliphatic carbocycles. The lowest BCUT2D eigenvalue weighted by Gasteiger charge is -2.24. The van der Waals surface area contributed by atoms with Gasteiger partial charge in [0.2, 0.25) is 17.7 Å². The van der Waals surface area contributed by atoms with E-state index in [-0.39, 0.29) is 59.2 Å². The van der Waals surface area contributed by atoms with Crippen LogP contribution in [0.2, 0.25) is 0 Å². The van der Waals surface area contributed by atoms with Crippen molar-refractivity contribution >= 4 is 87.2 Å². The van der Waals surface area contributed by atoms with E-state index in [2.05, 4.69) is 43.5 Å². The van der Waals surface area contributed by atoms with Crippen molar-refractivity contribution in [2.24, 2.45) is 23.7 Å². The number of nitrogen functional groups attached to an aromatic ring is 2. The quantitative estimate of drug-likeness (QED) is 0.0161. The van der Waals surface area contributed by atoms with Crippen LogP contribution in [0.4, 0.5) is 17.7 Å². The number of phosphoric ester groups is 2. The van der Waals surface area contributed by atoms with E-state index in [4.69, 9.17) is 54.7 Å². The number of nitrogens with zero attached hydrogens (tertiary/aromatic N) is 9. The van der Waals surface area contributed by atoms with Crippen LogP contribution in [0.15, 0.2) is 39.1 Å². The Balaban J connectivity index is 0.860. The Morgan fingerprint density at radius 3 is 2.18 bits per heavy atom. The third-order valence-corrected chi connectivity index (χ3v) is 18.6. The van der Waals surface area contributed by atoms with Gasteiger partial charge in [-0.3, -0.25) is 42.3 Å². The molecule has 3 saturated heterocycles. The van der Waals surface area contributed by atoms with Crippen molar-refractivity contribution in [2.75, 3.05) is 58.1 Å². The third-order valence-electron chi connectivity index (χ3n) is 13.1. The van der Waals surface area contributed by atoms with Crippen molar-refractivity contribution in [3.8, 4) is 0 Å². The number of phosphoric acid groups is 3. The Bertz CT molecular complexity index is 3370. The fourth-order valence-electron chi connectivity index (χ4n) is 9.45. The van der Waals surface area contributed by atoms with Crippen molar-refractivity contribution in [2.45, 2.75) is 86.4 Å². The Kier molecular flexibility index (Phi) is 17.0. The maximum absolute atomic E-state index is 13.4. The Hall–Kier alpha value is -4.88. The molecule has 15 atom stereocenters. The number of rotatable bonds is 22. The van der Waals surface area contributed by atoms with Gasteiger partial charge in [0.15, 0.2) is 35.8 Å². The summed E-state index contributed by atoms with van der Waals surface area (Å²) >= 11 is 1.03. The van der Waals surface area contributed by atoms with E-state index in [0.717, 1.165) is 17.3 Å². The molecule has 0 bridgehead atoms. The highest BCUT2D eigenvalue weighted by atomic mass is 32.2. The van der Waals surface area contributed by atoms with E-state index in [0.29, 0.717) is 24.2 Å². The molecule has 0 radical (unpaired) electrons. The van der Waals surface area contributed by atoms with Gasteiger partial charge >= 0.3 is 29.1 Å².